The van der Waals surface area contributed by atoms with Crippen LogP contribution in [0.1, 0.15) is 35.1 Å². The molecule has 2 N–H and O–H groups in total. The fraction of sp³-hybridized carbons (Fsp3) is 0.316. The van der Waals surface area contributed by atoms with Crippen LogP contribution in [0.4, 0.5) is 0 Å². The van der Waals surface area contributed by atoms with Crippen LogP contribution in [0.5, 0.6) is 5.75 Å². The number of carbonyl (C=O) groups excluding carboxylic acids is 1. The van der Waals surface area contributed by atoms with E-state index in [2.05, 4.69) is 15.0 Å². The average Bonchev–Trinajstić information content (AvgIpc) is 3.11. The zero-order chi connectivity index (χ0) is 18.1. The third-order valence-corrected chi connectivity index (χ3v) is 4.90. The Balaban J connectivity index is 1.45. The highest BCUT2D eigenvalue weighted by Gasteiger charge is 2.27. The first-order valence-corrected chi connectivity index (χ1v) is 8.66. The number of amides is 1. The maximum absolute atomic E-state index is 12.6. The van der Waals surface area contributed by atoms with E-state index < -0.39 is 0 Å². The number of nitrogens with one attached hydrogen (secondary N) is 2. The number of aromatic amines is 2. The number of rotatable bonds is 3. The number of ether oxygens (including phenoxy) is 1. The van der Waals surface area contributed by atoms with Gasteiger partial charge in [0.2, 0.25) is 5.43 Å². The second kappa shape index (κ2) is 6.67. The molecular weight excluding hydrogens is 332 g/mol. The predicted molar refractivity (Wildman–Crippen MR) is 97.6 cm³/mol. The number of hydrogen-bond donors (Lipinski definition) is 2. The number of carbonyl (C=O) groups is 1. The topological polar surface area (TPSA) is 91.1 Å². The van der Waals surface area contributed by atoms with Crippen molar-refractivity contribution < 1.29 is 9.53 Å². The van der Waals surface area contributed by atoms with E-state index in [1.54, 1.807) is 4.90 Å². The van der Waals surface area contributed by atoms with Crippen LogP contribution in [0.3, 0.4) is 0 Å². The first kappa shape index (κ1) is 16.4. The number of para-hydroxylation sites is 2. The van der Waals surface area contributed by atoms with E-state index in [9.17, 15) is 9.59 Å². The Labute approximate surface area is 150 Å². The summed E-state index contributed by atoms with van der Waals surface area (Å²) in [5.41, 5.74) is 2.00. The summed E-state index contributed by atoms with van der Waals surface area (Å²) >= 11 is 0. The predicted octanol–water partition coefficient (Wildman–Crippen LogP) is 2.28. The molecule has 1 amide bonds. The number of likely N-dealkylation sites (tertiary alicyclic amines) is 1. The van der Waals surface area contributed by atoms with Crippen LogP contribution in [0, 0.1) is 0 Å². The molecule has 0 saturated carbocycles. The molecule has 1 saturated heterocycles. The number of piperidine rings is 1. The molecule has 0 atom stereocenters. The highest BCUT2D eigenvalue weighted by Crippen LogP contribution is 2.28. The van der Waals surface area contributed by atoms with Gasteiger partial charge in [-0.3, -0.25) is 9.59 Å². The Morgan fingerprint density at radius 1 is 1.27 bits per heavy atom. The Bertz CT molecular complexity index is 966. The second-order valence-corrected chi connectivity index (χ2v) is 6.48. The molecule has 0 bridgehead atoms. The van der Waals surface area contributed by atoms with E-state index >= 15 is 0 Å². The van der Waals surface area contributed by atoms with Crippen molar-refractivity contribution in [3.8, 4) is 5.75 Å². The zero-order valence-electron chi connectivity index (χ0n) is 14.5. The molecule has 134 valence electrons. The summed E-state index contributed by atoms with van der Waals surface area (Å²) in [7, 11) is 1.43. The van der Waals surface area contributed by atoms with E-state index in [0.717, 1.165) is 29.7 Å². The normalized spacial score (nSPS) is 15.3. The number of aromatic nitrogens is 3. The summed E-state index contributed by atoms with van der Waals surface area (Å²) in [4.78, 5) is 37.2. The van der Waals surface area contributed by atoms with Crippen LogP contribution in [0.15, 0.2) is 41.3 Å². The van der Waals surface area contributed by atoms with Crippen LogP contribution < -0.4 is 10.2 Å². The number of nitrogens with zero attached hydrogens (tertiary/aromatic N) is 2. The monoisotopic (exact) mass is 352 g/mol. The fourth-order valence-electron chi connectivity index (χ4n) is 3.43. The van der Waals surface area contributed by atoms with Crippen molar-refractivity contribution >= 4 is 16.9 Å². The molecule has 0 radical (unpaired) electrons. The molecular formula is C19H20N4O3. The molecule has 0 aliphatic carbocycles. The van der Waals surface area contributed by atoms with Crippen LogP contribution in [0.25, 0.3) is 11.0 Å². The lowest BCUT2D eigenvalue weighted by Gasteiger charge is -2.31. The minimum Gasteiger partial charge on any atom is -0.491 e. The molecule has 0 spiro atoms. The summed E-state index contributed by atoms with van der Waals surface area (Å²) in [5.74, 6) is 1.33. The molecule has 1 fully saturated rings. The van der Waals surface area contributed by atoms with Crippen LogP contribution in [-0.4, -0.2) is 46.0 Å². The van der Waals surface area contributed by atoms with Gasteiger partial charge in [0.1, 0.15) is 11.5 Å². The molecule has 3 aromatic rings. The number of fused-ring (bicyclic) bond motifs is 1. The van der Waals surface area contributed by atoms with Gasteiger partial charge < -0.3 is 19.6 Å². The van der Waals surface area contributed by atoms with E-state index in [-0.39, 0.29) is 22.8 Å². The van der Waals surface area contributed by atoms with Gasteiger partial charge in [0.05, 0.1) is 18.1 Å². The maximum atomic E-state index is 12.6. The third-order valence-electron chi connectivity index (χ3n) is 4.90. The van der Waals surface area contributed by atoms with Crippen LogP contribution >= 0.6 is 0 Å². The second-order valence-electron chi connectivity index (χ2n) is 6.48. The number of methoxy groups -OCH3 is 1. The molecule has 1 aromatic carbocycles. The molecule has 4 rings (SSSR count). The van der Waals surface area contributed by atoms with Gasteiger partial charge in [-0.05, 0) is 25.0 Å². The fourth-order valence-corrected chi connectivity index (χ4v) is 3.43. The number of hydrogen-bond acceptors (Lipinski definition) is 4. The van der Waals surface area contributed by atoms with Crippen molar-refractivity contribution in [1.82, 2.24) is 19.9 Å². The van der Waals surface area contributed by atoms with Gasteiger partial charge in [-0.15, -0.1) is 0 Å². The summed E-state index contributed by atoms with van der Waals surface area (Å²) in [5, 5.41) is 0. The van der Waals surface area contributed by atoms with Gasteiger partial charge in [0, 0.05) is 31.3 Å². The Morgan fingerprint density at radius 2 is 2.04 bits per heavy atom. The summed E-state index contributed by atoms with van der Waals surface area (Å²) in [6.07, 6.45) is 3.11. The summed E-state index contributed by atoms with van der Waals surface area (Å²) in [6.45, 7) is 1.27. The average molecular weight is 352 g/mol. The largest absolute Gasteiger partial charge is 0.491 e. The molecule has 1 aliphatic heterocycles. The van der Waals surface area contributed by atoms with Crippen molar-refractivity contribution in [3.05, 3.63) is 58.3 Å². The molecule has 26 heavy (non-hydrogen) atoms. The molecule has 1 aliphatic rings. The molecule has 3 heterocycles. The van der Waals surface area contributed by atoms with Gasteiger partial charge in [-0.1, -0.05) is 12.1 Å². The van der Waals surface area contributed by atoms with Crippen LogP contribution in [0.2, 0.25) is 0 Å². The van der Waals surface area contributed by atoms with Crippen molar-refractivity contribution in [1.29, 1.82) is 0 Å². The van der Waals surface area contributed by atoms with Gasteiger partial charge in [0.15, 0.2) is 5.75 Å². The SMILES string of the molecule is COc1c[nH]c(C(=O)N2CCC(c3nc4ccccc4[nH]3)CC2)cc1=O. The first-order valence-electron chi connectivity index (χ1n) is 8.66. The van der Waals surface area contributed by atoms with Crippen molar-refractivity contribution in [2.45, 2.75) is 18.8 Å². The number of pyridine rings is 1. The van der Waals surface area contributed by atoms with E-state index in [0.29, 0.717) is 19.0 Å². The highest BCUT2D eigenvalue weighted by atomic mass is 16.5. The summed E-state index contributed by atoms with van der Waals surface area (Å²) in [6, 6.07) is 9.27. The Morgan fingerprint density at radius 3 is 2.73 bits per heavy atom. The lowest BCUT2D eigenvalue weighted by atomic mass is 9.96. The molecule has 7 nitrogen and oxygen atoms in total. The number of benzene rings is 1. The van der Waals surface area contributed by atoms with Crippen molar-refractivity contribution in [2.24, 2.45) is 0 Å². The number of H-pyrrole nitrogens is 2. The van der Waals surface area contributed by atoms with Gasteiger partial charge in [-0.2, -0.15) is 0 Å². The lowest BCUT2D eigenvalue weighted by Crippen LogP contribution is -2.38. The molecule has 2 aromatic heterocycles. The highest BCUT2D eigenvalue weighted by molar-refractivity contribution is 5.92. The smallest absolute Gasteiger partial charge is 0.270 e. The minimum atomic E-state index is -0.299. The standard InChI is InChI=1S/C19H20N4O3/c1-26-17-11-20-15(10-16(17)24)19(25)23-8-6-12(7-9-23)18-21-13-4-2-3-5-14(13)22-18/h2-5,10-12H,6-9H2,1H3,(H,20,24)(H,21,22). The van der Waals surface area contributed by atoms with Crippen molar-refractivity contribution in [3.63, 3.8) is 0 Å². The summed E-state index contributed by atoms with van der Waals surface area (Å²) < 4.78 is 4.93. The zero-order valence-corrected chi connectivity index (χ0v) is 14.5. The van der Waals surface area contributed by atoms with E-state index in [1.165, 1.54) is 19.4 Å². The van der Waals surface area contributed by atoms with Gasteiger partial charge >= 0.3 is 0 Å². The lowest BCUT2D eigenvalue weighted by molar-refractivity contribution is 0.0705. The van der Waals surface area contributed by atoms with Gasteiger partial charge in [-0.25, -0.2) is 4.98 Å². The first-order chi connectivity index (χ1) is 12.7. The Hall–Kier alpha value is -3.09. The molecule has 0 unspecified atom stereocenters. The number of imidazole rings is 1. The van der Waals surface area contributed by atoms with Crippen molar-refractivity contribution in [2.75, 3.05) is 20.2 Å². The minimum absolute atomic E-state index is 0.159. The van der Waals surface area contributed by atoms with E-state index in [4.69, 9.17) is 4.74 Å². The molecule has 7 heteroatoms. The Kier molecular flexibility index (Phi) is 4.20. The maximum Gasteiger partial charge on any atom is 0.270 e. The van der Waals surface area contributed by atoms with Gasteiger partial charge in [0.25, 0.3) is 5.91 Å². The quantitative estimate of drug-likeness (QED) is 0.756. The van der Waals surface area contributed by atoms with E-state index in [1.807, 2.05) is 24.3 Å². The van der Waals surface area contributed by atoms with Crippen LogP contribution in [-0.2, 0) is 0 Å². The third kappa shape index (κ3) is 2.96.